The van der Waals surface area contributed by atoms with Crippen LogP contribution in [0.4, 0.5) is 5.69 Å². The minimum Gasteiger partial charge on any atom is -0.397 e. The number of imidazole rings is 2. The Hall–Kier alpha value is -4.33. The molecule has 0 aliphatic heterocycles. The average Bonchev–Trinajstić information content (AvgIpc) is 3.31. The maximum absolute atomic E-state index is 13.5. The molecule has 2 aromatic carbocycles. The zero-order chi connectivity index (χ0) is 23.3. The highest BCUT2D eigenvalue weighted by Crippen LogP contribution is 2.27. The summed E-state index contributed by atoms with van der Waals surface area (Å²) in [7, 11) is 1.64. The topological polar surface area (TPSA) is 92.2 Å². The van der Waals surface area contributed by atoms with E-state index in [4.69, 9.17) is 10.7 Å². The summed E-state index contributed by atoms with van der Waals surface area (Å²) in [6.45, 7) is 4.06. The van der Waals surface area contributed by atoms with Crippen molar-refractivity contribution < 1.29 is 0 Å². The zero-order valence-corrected chi connectivity index (χ0v) is 18.7. The molecule has 0 fully saturated rings. The Morgan fingerprint density at radius 1 is 0.970 bits per heavy atom. The molecule has 3 aromatic heterocycles. The summed E-state index contributed by atoms with van der Waals surface area (Å²) in [5.41, 5.74) is 10.3. The molecule has 0 saturated carbocycles. The zero-order valence-electron chi connectivity index (χ0n) is 18.7. The molecule has 0 atom stereocenters. The van der Waals surface area contributed by atoms with Gasteiger partial charge in [-0.15, -0.1) is 0 Å². The number of hydrogen-bond donors (Lipinski definition) is 1. The van der Waals surface area contributed by atoms with Gasteiger partial charge in [-0.1, -0.05) is 54.6 Å². The highest BCUT2D eigenvalue weighted by atomic mass is 16.2. The smallest absolute Gasteiger partial charge is 0.332 e. The number of allylic oxidation sites excluding steroid dienone is 1. The first-order chi connectivity index (χ1) is 15.9. The van der Waals surface area contributed by atoms with Crippen LogP contribution in [-0.2, 0) is 13.6 Å². The summed E-state index contributed by atoms with van der Waals surface area (Å²) in [6, 6.07) is 17.3. The van der Waals surface area contributed by atoms with Gasteiger partial charge >= 0.3 is 5.69 Å². The van der Waals surface area contributed by atoms with E-state index >= 15 is 0 Å². The molecule has 8 heteroatoms. The largest absolute Gasteiger partial charge is 0.397 e. The van der Waals surface area contributed by atoms with Crippen LogP contribution in [0.1, 0.15) is 17.0 Å². The molecule has 3 heterocycles. The normalized spacial score (nSPS) is 11.8. The van der Waals surface area contributed by atoms with Crippen molar-refractivity contribution in [1.29, 1.82) is 0 Å². The van der Waals surface area contributed by atoms with Gasteiger partial charge in [-0.25, -0.2) is 4.79 Å². The summed E-state index contributed by atoms with van der Waals surface area (Å²) in [5, 5.41) is 0. The van der Waals surface area contributed by atoms with Crippen LogP contribution in [0.5, 0.6) is 0 Å². The fourth-order valence-electron chi connectivity index (χ4n) is 4.25. The van der Waals surface area contributed by atoms with E-state index in [2.05, 4.69) is 0 Å². The second-order valence-corrected chi connectivity index (χ2v) is 8.05. The third-order valence-electron chi connectivity index (χ3n) is 6.09. The minimum absolute atomic E-state index is 0.161. The van der Waals surface area contributed by atoms with E-state index in [1.54, 1.807) is 7.05 Å². The van der Waals surface area contributed by atoms with Gasteiger partial charge < -0.3 is 5.73 Å². The molecule has 8 nitrogen and oxygen atoms in total. The van der Waals surface area contributed by atoms with Gasteiger partial charge in [-0.3, -0.25) is 22.9 Å². The van der Waals surface area contributed by atoms with Crippen molar-refractivity contribution in [3.63, 3.8) is 0 Å². The van der Waals surface area contributed by atoms with E-state index in [0.717, 1.165) is 22.6 Å². The van der Waals surface area contributed by atoms with Gasteiger partial charge in [0.05, 0.1) is 11.4 Å². The monoisotopic (exact) mass is 440 g/mol. The van der Waals surface area contributed by atoms with Crippen LogP contribution in [0, 0.1) is 13.8 Å². The fourth-order valence-corrected chi connectivity index (χ4v) is 4.25. The van der Waals surface area contributed by atoms with Gasteiger partial charge in [0.15, 0.2) is 11.2 Å². The number of para-hydroxylation sites is 2. The predicted molar refractivity (Wildman–Crippen MR) is 131 cm³/mol. The van der Waals surface area contributed by atoms with Gasteiger partial charge in [-0.05, 0) is 31.5 Å². The number of aromatic nitrogens is 5. The number of anilines is 1. The molecule has 2 N–H and O–H groups in total. The number of hydrogen-bond acceptors (Lipinski definition) is 4. The van der Waals surface area contributed by atoms with E-state index in [1.807, 2.05) is 89.6 Å². The van der Waals surface area contributed by atoms with Gasteiger partial charge in [0.2, 0.25) is 5.78 Å². The van der Waals surface area contributed by atoms with Crippen LogP contribution >= 0.6 is 0 Å². The van der Waals surface area contributed by atoms with Gasteiger partial charge in [0.25, 0.3) is 5.56 Å². The average molecular weight is 441 g/mol. The standard InChI is InChI=1S/C25H24N6O2/c1-16-17(2)31-21-22(27-24(31)30(16)20-14-8-7-13-19(20)26)28(3)25(33)29(23(21)32)15-9-12-18-10-5-4-6-11-18/h4-14H,15,26H2,1-3H3/b12-9+. The second-order valence-electron chi connectivity index (χ2n) is 8.05. The first-order valence-electron chi connectivity index (χ1n) is 10.7. The number of nitrogen functional groups attached to an aromatic ring is 1. The van der Waals surface area contributed by atoms with Crippen molar-refractivity contribution in [2.45, 2.75) is 20.4 Å². The molecular weight excluding hydrogens is 416 g/mol. The highest BCUT2D eigenvalue weighted by Gasteiger charge is 2.23. The molecule has 0 amide bonds. The molecule has 0 aliphatic rings. The summed E-state index contributed by atoms with van der Waals surface area (Å²) < 4.78 is 6.40. The molecule has 0 unspecified atom stereocenters. The summed E-state index contributed by atoms with van der Waals surface area (Å²) in [5.74, 6) is 0.544. The summed E-state index contributed by atoms with van der Waals surface area (Å²) in [6.07, 6.45) is 3.71. The molecule has 33 heavy (non-hydrogen) atoms. The number of fused-ring (bicyclic) bond motifs is 3. The van der Waals surface area contributed by atoms with Crippen molar-refractivity contribution in [3.8, 4) is 5.69 Å². The number of nitrogens with zero attached hydrogens (tertiary/aromatic N) is 5. The molecule has 166 valence electrons. The first-order valence-corrected chi connectivity index (χ1v) is 10.7. The lowest BCUT2D eigenvalue weighted by Gasteiger charge is -2.09. The van der Waals surface area contributed by atoms with Gasteiger partial charge in [-0.2, -0.15) is 4.98 Å². The van der Waals surface area contributed by atoms with Crippen molar-refractivity contribution in [3.05, 3.63) is 98.5 Å². The summed E-state index contributed by atoms with van der Waals surface area (Å²) >= 11 is 0. The van der Waals surface area contributed by atoms with Crippen molar-refractivity contribution in [2.24, 2.45) is 7.05 Å². The molecule has 0 aliphatic carbocycles. The lowest BCUT2D eigenvalue weighted by Crippen LogP contribution is -2.39. The quantitative estimate of drug-likeness (QED) is 0.435. The molecule has 0 bridgehead atoms. The lowest BCUT2D eigenvalue weighted by atomic mass is 10.2. The number of nitrogens with two attached hydrogens (primary N) is 1. The Morgan fingerprint density at radius 2 is 1.67 bits per heavy atom. The van der Waals surface area contributed by atoms with Crippen LogP contribution in [0.25, 0.3) is 28.7 Å². The maximum atomic E-state index is 13.5. The third-order valence-corrected chi connectivity index (χ3v) is 6.09. The Morgan fingerprint density at radius 3 is 2.39 bits per heavy atom. The highest BCUT2D eigenvalue weighted by molar-refractivity contribution is 5.78. The molecule has 0 radical (unpaired) electrons. The van der Waals surface area contributed by atoms with Gasteiger partial charge in [0.1, 0.15) is 0 Å². The van der Waals surface area contributed by atoms with Crippen molar-refractivity contribution in [1.82, 2.24) is 23.1 Å². The summed E-state index contributed by atoms with van der Waals surface area (Å²) in [4.78, 5) is 31.2. The molecule has 0 saturated heterocycles. The van der Waals surface area contributed by atoms with Gasteiger partial charge in [0, 0.05) is 25.0 Å². The lowest BCUT2D eigenvalue weighted by molar-refractivity contribution is 0.667. The number of rotatable bonds is 4. The number of aryl methyl sites for hydroxylation is 2. The van der Waals surface area contributed by atoms with E-state index < -0.39 is 5.69 Å². The van der Waals surface area contributed by atoms with Crippen LogP contribution < -0.4 is 17.0 Å². The van der Waals surface area contributed by atoms with E-state index in [-0.39, 0.29) is 12.1 Å². The Labute approximate surface area is 189 Å². The van der Waals surface area contributed by atoms with Crippen LogP contribution in [0.2, 0.25) is 0 Å². The number of benzene rings is 2. The van der Waals surface area contributed by atoms with Crippen LogP contribution in [0.3, 0.4) is 0 Å². The maximum Gasteiger partial charge on any atom is 0.332 e. The Bertz CT molecular complexity index is 1670. The molecular formula is C25H24N6O2. The molecule has 5 rings (SSSR count). The molecule has 5 aromatic rings. The van der Waals surface area contributed by atoms with Crippen molar-refractivity contribution >= 4 is 28.7 Å². The fraction of sp³-hybridized carbons (Fsp3) is 0.160. The van der Waals surface area contributed by atoms with E-state index in [1.165, 1.54) is 9.13 Å². The first kappa shape index (κ1) is 20.6. The Kier molecular flexibility index (Phi) is 4.78. The van der Waals surface area contributed by atoms with E-state index in [0.29, 0.717) is 22.6 Å². The van der Waals surface area contributed by atoms with E-state index in [9.17, 15) is 9.59 Å². The minimum atomic E-state index is -0.411. The SMILES string of the molecule is Cc1c(C)n2c3c(=O)n(C/C=C/c4ccccc4)c(=O)n(C)c3nc2n1-c1ccccc1N. The van der Waals surface area contributed by atoms with Crippen molar-refractivity contribution in [2.75, 3.05) is 5.73 Å². The molecule has 0 spiro atoms. The van der Waals surface area contributed by atoms with Crippen LogP contribution in [-0.4, -0.2) is 23.1 Å². The Balaban J connectivity index is 1.75. The third kappa shape index (κ3) is 3.10. The second kappa shape index (κ2) is 7.67. The predicted octanol–water partition coefficient (Wildman–Crippen LogP) is 3.05. The van der Waals surface area contributed by atoms with Crippen LogP contribution in [0.15, 0.2) is 70.3 Å².